The molecule has 0 atom stereocenters. The van der Waals surface area contributed by atoms with Gasteiger partial charge in [0.1, 0.15) is 5.82 Å². The summed E-state index contributed by atoms with van der Waals surface area (Å²) in [5.41, 5.74) is 2.53. The van der Waals surface area contributed by atoms with E-state index in [2.05, 4.69) is 29.0 Å². The Morgan fingerprint density at radius 1 is 1.04 bits per heavy atom. The number of aryl methyl sites for hydroxylation is 1. The summed E-state index contributed by atoms with van der Waals surface area (Å²) in [6, 6.07) is 11.5. The second-order valence-electron chi connectivity index (χ2n) is 5.71. The number of nitrogens with zero attached hydrogens (tertiary/aromatic N) is 2. The van der Waals surface area contributed by atoms with E-state index in [0.29, 0.717) is 5.56 Å². The molecule has 0 aliphatic carbocycles. The number of hydrogen-bond acceptors (Lipinski definition) is 3. The molecule has 0 bridgehead atoms. The zero-order chi connectivity index (χ0) is 16.7. The first-order valence-electron chi connectivity index (χ1n) is 8.23. The van der Waals surface area contributed by atoms with Crippen molar-refractivity contribution in [3.05, 3.63) is 53.7 Å². The lowest BCUT2D eigenvalue weighted by molar-refractivity contribution is 0.102. The largest absolute Gasteiger partial charge is 0.357 e. The summed E-state index contributed by atoms with van der Waals surface area (Å²) in [5.74, 6) is 0.797. The molecule has 0 unspecified atom stereocenters. The molecular formula is C19H25N3O. The number of rotatable bonds is 7. The third-order valence-electron chi connectivity index (χ3n) is 3.63. The van der Waals surface area contributed by atoms with E-state index in [1.807, 2.05) is 43.3 Å². The van der Waals surface area contributed by atoms with Crippen LogP contribution < -0.4 is 10.2 Å². The van der Waals surface area contributed by atoms with Crippen LogP contribution in [0.3, 0.4) is 0 Å². The van der Waals surface area contributed by atoms with Gasteiger partial charge in [-0.25, -0.2) is 4.98 Å². The van der Waals surface area contributed by atoms with Gasteiger partial charge in [0.25, 0.3) is 5.91 Å². The van der Waals surface area contributed by atoms with E-state index in [1.165, 1.54) is 5.56 Å². The molecule has 1 aromatic heterocycles. The normalized spacial score (nSPS) is 10.4. The van der Waals surface area contributed by atoms with E-state index in [0.717, 1.165) is 37.4 Å². The second kappa shape index (κ2) is 8.32. The zero-order valence-corrected chi connectivity index (χ0v) is 14.2. The number of benzene rings is 1. The van der Waals surface area contributed by atoms with Crippen molar-refractivity contribution in [2.24, 2.45) is 0 Å². The Hall–Kier alpha value is -2.36. The summed E-state index contributed by atoms with van der Waals surface area (Å²) in [6.07, 6.45) is 3.81. The highest BCUT2D eigenvalue weighted by Gasteiger charge is 2.09. The first-order chi connectivity index (χ1) is 11.1. The second-order valence-corrected chi connectivity index (χ2v) is 5.71. The lowest BCUT2D eigenvalue weighted by Crippen LogP contribution is -2.26. The van der Waals surface area contributed by atoms with Crippen molar-refractivity contribution in [3.63, 3.8) is 0 Å². The molecule has 23 heavy (non-hydrogen) atoms. The summed E-state index contributed by atoms with van der Waals surface area (Å²) in [4.78, 5) is 19.0. The highest BCUT2D eigenvalue weighted by atomic mass is 16.1. The third kappa shape index (κ3) is 4.81. The summed E-state index contributed by atoms with van der Waals surface area (Å²) in [5, 5.41) is 2.89. The summed E-state index contributed by atoms with van der Waals surface area (Å²) in [6.45, 7) is 8.30. The van der Waals surface area contributed by atoms with Crippen LogP contribution in [0.15, 0.2) is 42.6 Å². The number of carbonyl (C=O) groups excluding carboxylic acids is 1. The molecular weight excluding hydrogens is 286 g/mol. The van der Waals surface area contributed by atoms with Crippen LogP contribution in [-0.4, -0.2) is 24.0 Å². The van der Waals surface area contributed by atoms with Gasteiger partial charge in [0, 0.05) is 25.0 Å². The van der Waals surface area contributed by atoms with Gasteiger partial charge in [-0.15, -0.1) is 0 Å². The summed E-state index contributed by atoms with van der Waals surface area (Å²) in [7, 11) is 0. The van der Waals surface area contributed by atoms with Gasteiger partial charge in [-0.1, -0.05) is 31.5 Å². The van der Waals surface area contributed by atoms with Crippen LogP contribution in [0.5, 0.6) is 0 Å². The van der Waals surface area contributed by atoms with Crippen LogP contribution in [-0.2, 0) is 0 Å². The van der Waals surface area contributed by atoms with Crippen molar-refractivity contribution in [1.82, 2.24) is 4.98 Å². The van der Waals surface area contributed by atoms with Crippen molar-refractivity contribution < 1.29 is 4.79 Å². The van der Waals surface area contributed by atoms with Gasteiger partial charge in [0.05, 0.1) is 5.56 Å². The highest BCUT2D eigenvalue weighted by molar-refractivity contribution is 6.04. The molecule has 0 radical (unpaired) electrons. The number of aromatic nitrogens is 1. The maximum absolute atomic E-state index is 12.3. The Bertz CT molecular complexity index is 614. The minimum absolute atomic E-state index is 0.134. The molecule has 1 amide bonds. The Labute approximate surface area is 138 Å². The van der Waals surface area contributed by atoms with Crippen LogP contribution in [0.2, 0.25) is 0 Å². The fraction of sp³-hybridized carbons (Fsp3) is 0.368. The maximum atomic E-state index is 12.3. The molecule has 0 saturated heterocycles. The number of nitrogens with one attached hydrogen (secondary N) is 1. The summed E-state index contributed by atoms with van der Waals surface area (Å²) < 4.78 is 0. The molecule has 0 fully saturated rings. The molecule has 1 aromatic carbocycles. The molecule has 0 aliphatic heterocycles. The van der Waals surface area contributed by atoms with Crippen molar-refractivity contribution >= 4 is 17.4 Å². The van der Waals surface area contributed by atoms with Gasteiger partial charge >= 0.3 is 0 Å². The fourth-order valence-electron chi connectivity index (χ4n) is 2.43. The predicted octanol–water partition coefficient (Wildman–Crippen LogP) is 4.27. The molecule has 4 nitrogen and oxygen atoms in total. The number of amides is 1. The van der Waals surface area contributed by atoms with Crippen LogP contribution >= 0.6 is 0 Å². The molecule has 122 valence electrons. The van der Waals surface area contributed by atoms with Crippen LogP contribution in [0.25, 0.3) is 0 Å². The number of anilines is 2. The van der Waals surface area contributed by atoms with E-state index in [9.17, 15) is 4.79 Å². The van der Waals surface area contributed by atoms with Crippen molar-refractivity contribution in [1.29, 1.82) is 0 Å². The van der Waals surface area contributed by atoms with E-state index >= 15 is 0 Å². The minimum Gasteiger partial charge on any atom is -0.357 e. The third-order valence-corrected chi connectivity index (χ3v) is 3.63. The average Bonchev–Trinajstić information content (AvgIpc) is 2.57. The molecule has 0 spiro atoms. The Kier molecular flexibility index (Phi) is 6.15. The standard InChI is InChI=1S/C19H25N3O/c1-4-12-22(13-5-2)18-11-8-16(14-20-18)19(23)21-17-9-6-15(3)7-10-17/h6-11,14H,4-5,12-13H2,1-3H3,(H,21,23). The van der Waals surface area contributed by atoms with Gasteiger partial charge in [-0.3, -0.25) is 4.79 Å². The van der Waals surface area contributed by atoms with Gasteiger partial charge in [-0.2, -0.15) is 0 Å². The van der Waals surface area contributed by atoms with Gasteiger partial charge in [-0.05, 0) is 44.0 Å². The smallest absolute Gasteiger partial charge is 0.257 e. The Morgan fingerprint density at radius 2 is 1.70 bits per heavy atom. The van der Waals surface area contributed by atoms with E-state index in [1.54, 1.807) is 6.20 Å². The lowest BCUT2D eigenvalue weighted by Gasteiger charge is -2.22. The Balaban J connectivity index is 2.05. The first kappa shape index (κ1) is 17.0. The average molecular weight is 311 g/mol. The summed E-state index contributed by atoms with van der Waals surface area (Å²) >= 11 is 0. The van der Waals surface area contributed by atoms with Crippen LogP contribution in [0.1, 0.15) is 42.6 Å². The van der Waals surface area contributed by atoms with Crippen molar-refractivity contribution in [2.75, 3.05) is 23.3 Å². The fourth-order valence-corrected chi connectivity index (χ4v) is 2.43. The van der Waals surface area contributed by atoms with Crippen LogP contribution in [0.4, 0.5) is 11.5 Å². The van der Waals surface area contributed by atoms with Gasteiger partial charge < -0.3 is 10.2 Å². The topological polar surface area (TPSA) is 45.2 Å². The molecule has 0 aliphatic rings. The minimum atomic E-state index is -0.134. The maximum Gasteiger partial charge on any atom is 0.257 e. The van der Waals surface area contributed by atoms with E-state index in [4.69, 9.17) is 0 Å². The monoisotopic (exact) mass is 311 g/mol. The van der Waals surface area contributed by atoms with Gasteiger partial charge in [0.2, 0.25) is 0 Å². The van der Waals surface area contributed by atoms with Crippen molar-refractivity contribution in [3.8, 4) is 0 Å². The van der Waals surface area contributed by atoms with E-state index in [-0.39, 0.29) is 5.91 Å². The van der Waals surface area contributed by atoms with Crippen molar-refractivity contribution in [2.45, 2.75) is 33.6 Å². The zero-order valence-electron chi connectivity index (χ0n) is 14.2. The SMILES string of the molecule is CCCN(CCC)c1ccc(C(=O)Nc2ccc(C)cc2)cn1. The van der Waals surface area contributed by atoms with Gasteiger partial charge in [0.15, 0.2) is 0 Å². The predicted molar refractivity (Wildman–Crippen MR) is 96.2 cm³/mol. The quantitative estimate of drug-likeness (QED) is 0.830. The highest BCUT2D eigenvalue weighted by Crippen LogP contribution is 2.14. The molecule has 0 saturated carbocycles. The number of carbonyl (C=O) groups is 1. The molecule has 1 N–H and O–H groups in total. The molecule has 1 heterocycles. The van der Waals surface area contributed by atoms with E-state index < -0.39 is 0 Å². The number of hydrogen-bond donors (Lipinski definition) is 1. The Morgan fingerprint density at radius 3 is 2.22 bits per heavy atom. The first-order valence-corrected chi connectivity index (χ1v) is 8.23. The van der Waals surface area contributed by atoms with Crippen LogP contribution in [0, 0.1) is 6.92 Å². The molecule has 2 aromatic rings. The molecule has 2 rings (SSSR count). The molecule has 4 heteroatoms. The lowest BCUT2D eigenvalue weighted by atomic mass is 10.2. The number of pyridine rings is 1.